The first-order valence-corrected chi connectivity index (χ1v) is 6.66. The Morgan fingerprint density at radius 3 is 2.69 bits per heavy atom. The van der Waals surface area contributed by atoms with E-state index >= 15 is 0 Å². The van der Waals surface area contributed by atoms with Crippen LogP contribution in [-0.2, 0) is 0 Å². The van der Waals surface area contributed by atoms with Crippen LogP contribution in [0.1, 0.15) is 0 Å². The standard InChI is InChI=1S/C10H9NSSe/c1-8-7-12-10(13-8)11-9-5-3-2-4-6-9/h2-6H,1,7H2. The van der Waals surface area contributed by atoms with Gasteiger partial charge in [0.05, 0.1) is 0 Å². The van der Waals surface area contributed by atoms with Gasteiger partial charge in [-0.1, -0.05) is 0 Å². The van der Waals surface area contributed by atoms with E-state index in [4.69, 9.17) is 0 Å². The molecule has 1 aromatic carbocycles. The van der Waals surface area contributed by atoms with E-state index in [1.165, 1.54) is 8.41 Å². The maximum absolute atomic E-state index is 4.56. The van der Waals surface area contributed by atoms with Gasteiger partial charge >= 0.3 is 88.5 Å². The minimum absolute atomic E-state index is 0.417. The summed E-state index contributed by atoms with van der Waals surface area (Å²) in [6.45, 7) is 3.97. The van der Waals surface area contributed by atoms with E-state index in [9.17, 15) is 0 Å². The summed E-state index contributed by atoms with van der Waals surface area (Å²) in [4.78, 5) is 4.56. The molecule has 0 N–H and O–H groups in total. The minimum atomic E-state index is 0.417. The average Bonchev–Trinajstić information content (AvgIpc) is 2.53. The SMILES string of the molecule is C=C1CSC(=Nc2ccccc2)[Se]1. The molecule has 0 radical (unpaired) electrons. The molecule has 1 aromatic rings. The number of rotatable bonds is 1. The van der Waals surface area contributed by atoms with Gasteiger partial charge in [-0.2, -0.15) is 0 Å². The Kier molecular flexibility index (Phi) is 2.89. The van der Waals surface area contributed by atoms with Gasteiger partial charge in [0.25, 0.3) is 0 Å². The molecule has 0 amide bonds. The zero-order valence-corrected chi connectivity index (χ0v) is 9.59. The molecule has 1 aliphatic heterocycles. The Morgan fingerprint density at radius 2 is 2.08 bits per heavy atom. The molecule has 0 aromatic heterocycles. The Balaban J connectivity index is 2.17. The summed E-state index contributed by atoms with van der Waals surface area (Å²) in [5.41, 5.74) is 1.06. The van der Waals surface area contributed by atoms with Gasteiger partial charge in [0.15, 0.2) is 0 Å². The van der Waals surface area contributed by atoms with Crippen molar-refractivity contribution < 1.29 is 0 Å². The number of para-hydroxylation sites is 1. The van der Waals surface area contributed by atoms with Crippen LogP contribution in [0.25, 0.3) is 0 Å². The molecule has 3 heteroatoms. The van der Waals surface area contributed by atoms with E-state index in [0.717, 1.165) is 11.4 Å². The molecule has 0 bridgehead atoms. The predicted molar refractivity (Wildman–Crippen MR) is 60.9 cm³/mol. The number of aliphatic imine (C=N–C) groups is 1. The normalized spacial score (nSPS) is 19.7. The summed E-state index contributed by atoms with van der Waals surface area (Å²) in [6, 6.07) is 10.1. The quantitative estimate of drug-likeness (QED) is 0.702. The van der Waals surface area contributed by atoms with Gasteiger partial charge in [-0.25, -0.2) is 0 Å². The number of hydrogen-bond donors (Lipinski definition) is 0. The molecule has 0 spiro atoms. The van der Waals surface area contributed by atoms with Crippen LogP contribution in [0, 0.1) is 0 Å². The van der Waals surface area contributed by atoms with Crippen molar-refractivity contribution in [2.45, 2.75) is 0 Å². The molecule has 1 nitrogen and oxygen atoms in total. The van der Waals surface area contributed by atoms with Gasteiger partial charge in [0, 0.05) is 0 Å². The van der Waals surface area contributed by atoms with E-state index in [1.807, 2.05) is 42.1 Å². The number of hydrogen-bond acceptors (Lipinski definition) is 2. The molecule has 0 atom stereocenters. The van der Waals surface area contributed by atoms with E-state index in [1.54, 1.807) is 0 Å². The van der Waals surface area contributed by atoms with Crippen molar-refractivity contribution in [2.24, 2.45) is 4.99 Å². The molecular weight excluding hydrogens is 245 g/mol. The van der Waals surface area contributed by atoms with E-state index in [2.05, 4.69) is 11.6 Å². The fourth-order valence-electron chi connectivity index (χ4n) is 0.988. The molecule has 1 heterocycles. The Hall–Kier alpha value is -0.501. The van der Waals surface area contributed by atoms with Crippen LogP contribution in [0.3, 0.4) is 0 Å². The number of thioether (sulfide) groups is 1. The first-order chi connectivity index (χ1) is 6.34. The third-order valence-electron chi connectivity index (χ3n) is 1.56. The molecule has 0 saturated carbocycles. The molecule has 66 valence electrons. The maximum atomic E-state index is 4.56. The zero-order chi connectivity index (χ0) is 9.10. The average molecular weight is 254 g/mol. The molecule has 2 rings (SSSR count). The summed E-state index contributed by atoms with van der Waals surface area (Å²) >= 11 is 2.24. The first kappa shape index (κ1) is 9.07. The predicted octanol–water partition coefficient (Wildman–Crippen LogP) is 2.64. The monoisotopic (exact) mass is 255 g/mol. The molecule has 13 heavy (non-hydrogen) atoms. The van der Waals surface area contributed by atoms with Crippen LogP contribution in [0.5, 0.6) is 0 Å². The van der Waals surface area contributed by atoms with Gasteiger partial charge in [-0.15, -0.1) is 0 Å². The van der Waals surface area contributed by atoms with E-state index in [0.29, 0.717) is 15.0 Å². The van der Waals surface area contributed by atoms with Crippen LogP contribution >= 0.6 is 11.8 Å². The number of nitrogens with zero attached hydrogens (tertiary/aromatic N) is 1. The summed E-state index contributed by atoms with van der Waals surface area (Å²) in [5.74, 6) is 1.06. The van der Waals surface area contributed by atoms with Gasteiger partial charge in [0.1, 0.15) is 0 Å². The third kappa shape index (κ3) is 2.47. The van der Waals surface area contributed by atoms with Crippen LogP contribution in [0.2, 0.25) is 0 Å². The molecule has 1 saturated heterocycles. The van der Waals surface area contributed by atoms with Crippen molar-refractivity contribution in [1.29, 1.82) is 0 Å². The van der Waals surface area contributed by atoms with Crippen LogP contribution < -0.4 is 0 Å². The van der Waals surface area contributed by atoms with Gasteiger partial charge < -0.3 is 0 Å². The number of benzene rings is 1. The Labute approximate surface area is 88.5 Å². The fraction of sp³-hybridized carbons (Fsp3) is 0.100. The van der Waals surface area contributed by atoms with Crippen molar-refractivity contribution in [2.75, 3.05) is 5.75 Å². The van der Waals surface area contributed by atoms with Gasteiger partial charge in [-0.3, -0.25) is 0 Å². The van der Waals surface area contributed by atoms with Crippen molar-refractivity contribution in [3.63, 3.8) is 0 Å². The van der Waals surface area contributed by atoms with Crippen molar-refractivity contribution in [3.8, 4) is 0 Å². The Morgan fingerprint density at radius 1 is 1.31 bits per heavy atom. The second kappa shape index (κ2) is 4.14. The zero-order valence-electron chi connectivity index (χ0n) is 7.06. The van der Waals surface area contributed by atoms with Crippen molar-refractivity contribution in [3.05, 3.63) is 41.4 Å². The molecule has 0 aliphatic carbocycles. The summed E-state index contributed by atoms with van der Waals surface area (Å²) in [6.07, 6.45) is 0. The van der Waals surface area contributed by atoms with E-state index in [-0.39, 0.29) is 0 Å². The van der Waals surface area contributed by atoms with Gasteiger partial charge in [-0.05, 0) is 0 Å². The molecule has 1 fully saturated rings. The first-order valence-electron chi connectivity index (χ1n) is 3.97. The topological polar surface area (TPSA) is 12.4 Å². The second-order valence-corrected chi connectivity index (χ2v) is 6.64. The summed E-state index contributed by atoms with van der Waals surface area (Å²) in [7, 11) is 0. The summed E-state index contributed by atoms with van der Waals surface area (Å²) in [5, 5.41) is 0. The summed E-state index contributed by atoms with van der Waals surface area (Å²) < 4.78 is 2.59. The van der Waals surface area contributed by atoms with Crippen LogP contribution in [0.15, 0.2) is 46.4 Å². The van der Waals surface area contributed by atoms with Crippen LogP contribution in [0.4, 0.5) is 5.69 Å². The van der Waals surface area contributed by atoms with Gasteiger partial charge in [0.2, 0.25) is 0 Å². The molecule has 0 unspecified atom stereocenters. The van der Waals surface area contributed by atoms with E-state index < -0.39 is 0 Å². The van der Waals surface area contributed by atoms with Crippen molar-refractivity contribution >= 4 is 36.3 Å². The Bertz CT molecular complexity index is 345. The van der Waals surface area contributed by atoms with Crippen molar-refractivity contribution in [1.82, 2.24) is 0 Å². The molecular formula is C10H9NSSe. The third-order valence-corrected chi connectivity index (χ3v) is 5.45. The van der Waals surface area contributed by atoms with Crippen LogP contribution in [-0.4, -0.2) is 24.7 Å². The fourth-order valence-corrected chi connectivity index (χ4v) is 4.49. The molecule has 1 aliphatic rings. The second-order valence-electron chi connectivity index (χ2n) is 2.64.